The lowest BCUT2D eigenvalue weighted by molar-refractivity contribution is -0.00922. The van der Waals surface area contributed by atoms with Gasteiger partial charge in [0, 0.05) is 13.2 Å². The monoisotopic (exact) mass is 185 g/mol. The third-order valence-electron chi connectivity index (χ3n) is 2.41. The largest absolute Gasteiger partial charge is 0.377 e. The lowest BCUT2D eigenvalue weighted by atomic mass is 9.95. The van der Waals surface area contributed by atoms with E-state index < -0.39 is 0 Å². The van der Waals surface area contributed by atoms with Gasteiger partial charge in [0.05, 0.1) is 5.60 Å². The minimum atomic E-state index is -0.122. The van der Waals surface area contributed by atoms with Gasteiger partial charge in [-0.25, -0.2) is 0 Å². The number of ether oxygens (including phenoxy) is 1. The molecule has 1 atom stereocenters. The fourth-order valence-electron chi connectivity index (χ4n) is 1.24. The van der Waals surface area contributed by atoms with E-state index in [2.05, 4.69) is 32.7 Å². The summed E-state index contributed by atoms with van der Waals surface area (Å²) in [7, 11) is 1.75. The van der Waals surface area contributed by atoms with Gasteiger partial charge < -0.3 is 10.1 Å². The van der Waals surface area contributed by atoms with Gasteiger partial charge in [0.2, 0.25) is 0 Å². The standard InChI is InChI=1S/C11H23NO/c1-6-8-10(12-9-7-2)11(3,4)13-5/h6,10,12H,1,7-9H2,2-5H3. The third-order valence-corrected chi connectivity index (χ3v) is 2.41. The molecule has 0 aliphatic rings. The molecule has 2 nitrogen and oxygen atoms in total. The van der Waals surface area contributed by atoms with Crippen molar-refractivity contribution < 1.29 is 4.74 Å². The molecule has 1 unspecified atom stereocenters. The van der Waals surface area contributed by atoms with Gasteiger partial charge in [-0.3, -0.25) is 0 Å². The molecule has 78 valence electrons. The molecule has 0 radical (unpaired) electrons. The van der Waals surface area contributed by atoms with Crippen LogP contribution < -0.4 is 5.32 Å². The number of methoxy groups -OCH3 is 1. The Morgan fingerprint density at radius 1 is 1.54 bits per heavy atom. The van der Waals surface area contributed by atoms with Crippen LogP contribution in [0.3, 0.4) is 0 Å². The molecule has 0 bridgehead atoms. The highest BCUT2D eigenvalue weighted by Gasteiger charge is 2.27. The van der Waals surface area contributed by atoms with Gasteiger partial charge in [0.15, 0.2) is 0 Å². The van der Waals surface area contributed by atoms with Crippen LogP contribution in [-0.2, 0) is 4.74 Å². The third kappa shape index (κ3) is 4.44. The van der Waals surface area contributed by atoms with Crippen LogP contribution in [0.2, 0.25) is 0 Å². The van der Waals surface area contributed by atoms with Crippen LogP contribution in [0.25, 0.3) is 0 Å². The predicted molar refractivity (Wildman–Crippen MR) is 58.0 cm³/mol. The van der Waals surface area contributed by atoms with E-state index in [4.69, 9.17) is 4.74 Å². The van der Waals surface area contributed by atoms with E-state index in [1.165, 1.54) is 0 Å². The smallest absolute Gasteiger partial charge is 0.0778 e. The molecule has 0 rings (SSSR count). The van der Waals surface area contributed by atoms with E-state index in [0.717, 1.165) is 19.4 Å². The maximum absolute atomic E-state index is 5.44. The van der Waals surface area contributed by atoms with Crippen LogP contribution in [0.1, 0.15) is 33.6 Å². The lowest BCUT2D eigenvalue weighted by Gasteiger charge is -2.33. The summed E-state index contributed by atoms with van der Waals surface area (Å²) in [6, 6.07) is 0.356. The van der Waals surface area contributed by atoms with Gasteiger partial charge >= 0.3 is 0 Å². The normalized spacial score (nSPS) is 14.2. The van der Waals surface area contributed by atoms with Crippen molar-refractivity contribution in [2.75, 3.05) is 13.7 Å². The Morgan fingerprint density at radius 3 is 2.54 bits per heavy atom. The van der Waals surface area contributed by atoms with Crippen LogP contribution in [0.15, 0.2) is 12.7 Å². The van der Waals surface area contributed by atoms with Crippen molar-refractivity contribution in [2.24, 2.45) is 0 Å². The van der Waals surface area contributed by atoms with Crippen molar-refractivity contribution in [1.29, 1.82) is 0 Å². The molecule has 0 spiro atoms. The first-order chi connectivity index (χ1) is 6.08. The number of rotatable bonds is 7. The zero-order valence-electron chi connectivity index (χ0n) is 9.39. The zero-order chi connectivity index (χ0) is 10.3. The molecule has 0 fully saturated rings. The topological polar surface area (TPSA) is 21.3 Å². The average Bonchev–Trinajstić information content (AvgIpc) is 2.12. The molecule has 1 N–H and O–H groups in total. The van der Waals surface area contributed by atoms with E-state index in [-0.39, 0.29) is 5.60 Å². The lowest BCUT2D eigenvalue weighted by Crippen LogP contribution is -2.48. The van der Waals surface area contributed by atoms with E-state index in [1.54, 1.807) is 7.11 Å². The Bertz CT molecular complexity index is 143. The van der Waals surface area contributed by atoms with Crippen molar-refractivity contribution in [3.8, 4) is 0 Å². The summed E-state index contributed by atoms with van der Waals surface area (Å²) in [4.78, 5) is 0. The number of hydrogen-bond acceptors (Lipinski definition) is 2. The average molecular weight is 185 g/mol. The van der Waals surface area contributed by atoms with Crippen LogP contribution >= 0.6 is 0 Å². The maximum Gasteiger partial charge on any atom is 0.0778 e. The van der Waals surface area contributed by atoms with E-state index in [9.17, 15) is 0 Å². The van der Waals surface area contributed by atoms with Crippen molar-refractivity contribution in [3.63, 3.8) is 0 Å². The van der Waals surface area contributed by atoms with Crippen molar-refractivity contribution in [3.05, 3.63) is 12.7 Å². The molecule has 0 aromatic carbocycles. The predicted octanol–water partition coefficient (Wildman–Crippen LogP) is 2.36. The molecule has 0 aromatic heterocycles. The van der Waals surface area contributed by atoms with Crippen LogP contribution in [0.4, 0.5) is 0 Å². The molecule has 0 aliphatic heterocycles. The summed E-state index contributed by atoms with van der Waals surface area (Å²) in [6.07, 6.45) is 4.03. The highest BCUT2D eigenvalue weighted by molar-refractivity contribution is 4.90. The maximum atomic E-state index is 5.44. The molecule has 13 heavy (non-hydrogen) atoms. The second kappa shape index (κ2) is 6.17. The Morgan fingerprint density at radius 2 is 2.15 bits per heavy atom. The Kier molecular flexibility index (Phi) is 6.00. The minimum absolute atomic E-state index is 0.122. The second-order valence-corrected chi connectivity index (χ2v) is 3.84. The minimum Gasteiger partial charge on any atom is -0.377 e. The van der Waals surface area contributed by atoms with Gasteiger partial charge in [-0.2, -0.15) is 0 Å². The highest BCUT2D eigenvalue weighted by Crippen LogP contribution is 2.16. The van der Waals surface area contributed by atoms with Gasteiger partial charge in [0.25, 0.3) is 0 Å². The van der Waals surface area contributed by atoms with Crippen LogP contribution in [0.5, 0.6) is 0 Å². The summed E-state index contributed by atoms with van der Waals surface area (Å²) in [5.41, 5.74) is -0.122. The number of hydrogen-bond donors (Lipinski definition) is 1. The molecule has 0 aromatic rings. The first-order valence-electron chi connectivity index (χ1n) is 4.98. The molecular weight excluding hydrogens is 162 g/mol. The molecule has 0 aliphatic carbocycles. The van der Waals surface area contributed by atoms with E-state index in [1.807, 2.05) is 6.08 Å². The molecule has 0 saturated heterocycles. The summed E-state index contributed by atoms with van der Waals surface area (Å²) in [6.45, 7) is 11.2. The first kappa shape index (κ1) is 12.7. The van der Waals surface area contributed by atoms with Gasteiger partial charge in [0.1, 0.15) is 0 Å². The molecule has 2 heteroatoms. The molecule has 0 heterocycles. The Labute approximate surface area is 82.4 Å². The fraction of sp³-hybridized carbons (Fsp3) is 0.818. The second-order valence-electron chi connectivity index (χ2n) is 3.84. The van der Waals surface area contributed by atoms with E-state index >= 15 is 0 Å². The van der Waals surface area contributed by atoms with Crippen molar-refractivity contribution in [1.82, 2.24) is 5.32 Å². The molecular formula is C11H23NO. The number of nitrogens with one attached hydrogen (secondary N) is 1. The molecule has 0 saturated carbocycles. The van der Waals surface area contributed by atoms with Gasteiger partial charge in [-0.1, -0.05) is 13.0 Å². The van der Waals surface area contributed by atoms with Crippen LogP contribution in [-0.4, -0.2) is 25.3 Å². The fourth-order valence-corrected chi connectivity index (χ4v) is 1.24. The summed E-state index contributed by atoms with van der Waals surface area (Å²) < 4.78 is 5.44. The van der Waals surface area contributed by atoms with Crippen molar-refractivity contribution in [2.45, 2.75) is 45.3 Å². The zero-order valence-corrected chi connectivity index (χ0v) is 9.39. The SMILES string of the molecule is C=CCC(NCCC)C(C)(C)OC. The highest BCUT2D eigenvalue weighted by atomic mass is 16.5. The summed E-state index contributed by atoms with van der Waals surface area (Å²) in [5, 5.41) is 3.47. The summed E-state index contributed by atoms with van der Waals surface area (Å²) in [5.74, 6) is 0. The Hall–Kier alpha value is -0.340. The quantitative estimate of drug-likeness (QED) is 0.615. The molecule has 0 amide bonds. The summed E-state index contributed by atoms with van der Waals surface area (Å²) >= 11 is 0. The van der Waals surface area contributed by atoms with Crippen molar-refractivity contribution >= 4 is 0 Å². The Balaban J connectivity index is 4.13. The van der Waals surface area contributed by atoms with Crippen LogP contribution in [0, 0.1) is 0 Å². The first-order valence-corrected chi connectivity index (χ1v) is 4.98. The van der Waals surface area contributed by atoms with E-state index in [0.29, 0.717) is 6.04 Å². The van der Waals surface area contributed by atoms with Gasteiger partial charge in [-0.05, 0) is 33.2 Å². The van der Waals surface area contributed by atoms with Gasteiger partial charge in [-0.15, -0.1) is 6.58 Å².